The molecule has 47 heavy (non-hydrogen) atoms. The average Bonchev–Trinajstić information content (AvgIpc) is 3.62. The van der Waals surface area contributed by atoms with Crippen molar-refractivity contribution in [2.24, 2.45) is 0 Å². The number of carbonyl (C=O) groups excluding carboxylic acids is 5. The fourth-order valence-electron chi connectivity index (χ4n) is 5.53. The molecule has 0 radical (unpaired) electrons. The number of rotatable bonds is 3. The monoisotopic (exact) mass is 644 g/mol. The van der Waals surface area contributed by atoms with Gasteiger partial charge in [0.1, 0.15) is 41.9 Å². The summed E-state index contributed by atoms with van der Waals surface area (Å²) in [5, 5.41) is 11.0. The highest BCUT2D eigenvalue weighted by molar-refractivity contribution is 5.96. The molecule has 1 saturated heterocycles. The van der Waals surface area contributed by atoms with Gasteiger partial charge >= 0.3 is 0 Å². The van der Waals surface area contributed by atoms with E-state index in [1.807, 2.05) is 30.3 Å². The normalized spacial score (nSPS) is 22.6. The number of ether oxygens (including phenoxy) is 2. The summed E-state index contributed by atoms with van der Waals surface area (Å²) in [6, 6.07) is 16.4. The molecule has 1 aromatic heterocycles. The molecule has 3 aromatic rings. The first-order valence-electron chi connectivity index (χ1n) is 15.7. The summed E-state index contributed by atoms with van der Waals surface area (Å²) in [5.74, 6) is -1.30. The SMILES string of the molecule is C[C@@H]1NC(=O)[C@H](Cc2ccccc2)NC(=O)[C@H](C)NC(=O)C2(CCN(C(=O)c3ccc[nH]3)CC2)Oc2ccc(cc2)OCCNC1=O. The van der Waals surface area contributed by atoms with E-state index >= 15 is 0 Å². The summed E-state index contributed by atoms with van der Waals surface area (Å²) in [6.45, 7) is 3.94. The molecule has 0 aliphatic carbocycles. The fourth-order valence-corrected chi connectivity index (χ4v) is 5.53. The first kappa shape index (κ1) is 33.0. The van der Waals surface area contributed by atoms with Crippen LogP contribution in [0.15, 0.2) is 72.9 Å². The number of fused-ring (bicyclic) bond motifs is 15. The summed E-state index contributed by atoms with van der Waals surface area (Å²) in [6.07, 6.45) is 2.19. The van der Waals surface area contributed by atoms with Gasteiger partial charge in [0, 0.05) is 38.5 Å². The van der Waals surface area contributed by atoms with Crippen LogP contribution < -0.4 is 30.7 Å². The number of benzene rings is 2. The van der Waals surface area contributed by atoms with Crippen LogP contribution >= 0.6 is 0 Å². The maximum atomic E-state index is 14.0. The number of carbonyl (C=O) groups is 5. The zero-order chi connectivity index (χ0) is 33.4. The lowest BCUT2D eigenvalue weighted by atomic mass is 9.89. The maximum absolute atomic E-state index is 14.0. The van der Waals surface area contributed by atoms with Crippen molar-refractivity contribution >= 4 is 29.5 Å². The lowest BCUT2D eigenvalue weighted by molar-refractivity contribution is -0.143. The van der Waals surface area contributed by atoms with Gasteiger partial charge in [0.15, 0.2) is 5.60 Å². The lowest BCUT2D eigenvalue weighted by Gasteiger charge is -2.41. The van der Waals surface area contributed by atoms with Crippen LogP contribution in [0.5, 0.6) is 11.5 Å². The first-order chi connectivity index (χ1) is 22.6. The Morgan fingerprint density at radius 3 is 2.17 bits per heavy atom. The number of hydrogen-bond acceptors (Lipinski definition) is 7. The van der Waals surface area contributed by atoms with Crippen LogP contribution in [0.1, 0.15) is 42.7 Å². The molecular weight excluding hydrogens is 604 g/mol. The van der Waals surface area contributed by atoms with Gasteiger partial charge in [-0.1, -0.05) is 30.3 Å². The van der Waals surface area contributed by atoms with E-state index in [2.05, 4.69) is 26.3 Å². The maximum Gasteiger partial charge on any atom is 0.270 e. The number of aromatic nitrogens is 1. The topological polar surface area (TPSA) is 171 Å². The molecule has 3 atom stereocenters. The Kier molecular flexibility index (Phi) is 10.4. The number of likely N-dealkylation sites (tertiary alicyclic amines) is 1. The van der Waals surface area contributed by atoms with Crippen LogP contribution in [0.25, 0.3) is 0 Å². The fraction of sp³-hybridized carbons (Fsp3) is 0.382. The van der Waals surface area contributed by atoms with Crippen molar-refractivity contribution in [1.29, 1.82) is 0 Å². The van der Waals surface area contributed by atoms with Gasteiger partial charge in [-0.3, -0.25) is 24.0 Å². The van der Waals surface area contributed by atoms with Crippen LogP contribution in [-0.4, -0.2) is 89.4 Å². The molecule has 13 heteroatoms. The minimum Gasteiger partial charge on any atom is -0.492 e. The minimum absolute atomic E-state index is 0.161. The Hall–Kier alpha value is -5.33. The summed E-state index contributed by atoms with van der Waals surface area (Å²) in [7, 11) is 0. The number of hydrogen-bond donors (Lipinski definition) is 5. The van der Waals surface area contributed by atoms with Gasteiger partial charge in [0.05, 0.1) is 6.54 Å². The quantitative estimate of drug-likeness (QED) is 0.268. The van der Waals surface area contributed by atoms with E-state index in [4.69, 9.17) is 9.47 Å². The van der Waals surface area contributed by atoms with Gasteiger partial charge in [-0.05, 0) is 55.8 Å². The molecule has 1 fully saturated rings. The molecule has 5 amide bonds. The second kappa shape index (κ2) is 14.8. The second-order valence-corrected chi connectivity index (χ2v) is 11.8. The highest BCUT2D eigenvalue weighted by atomic mass is 16.5. The van der Waals surface area contributed by atoms with E-state index < -0.39 is 47.4 Å². The van der Waals surface area contributed by atoms with E-state index in [0.29, 0.717) is 17.2 Å². The number of amides is 5. The van der Waals surface area contributed by atoms with Gasteiger partial charge in [-0.25, -0.2) is 0 Å². The summed E-state index contributed by atoms with van der Waals surface area (Å²) < 4.78 is 12.1. The third-order valence-corrected chi connectivity index (χ3v) is 8.32. The Balaban J connectivity index is 1.38. The molecule has 4 heterocycles. The second-order valence-electron chi connectivity index (χ2n) is 11.8. The molecule has 13 nitrogen and oxygen atoms in total. The summed E-state index contributed by atoms with van der Waals surface area (Å²) in [4.78, 5) is 71.1. The smallest absolute Gasteiger partial charge is 0.270 e. The van der Waals surface area contributed by atoms with Crippen molar-refractivity contribution in [2.45, 2.75) is 56.8 Å². The Bertz CT molecular complexity index is 1550. The molecule has 3 aliphatic heterocycles. The van der Waals surface area contributed by atoms with Crippen molar-refractivity contribution < 1.29 is 33.4 Å². The highest BCUT2D eigenvalue weighted by Gasteiger charge is 2.46. The van der Waals surface area contributed by atoms with E-state index in [9.17, 15) is 24.0 Å². The zero-order valence-electron chi connectivity index (χ0n) is 26.4. The van der Waals surface area contributed by atoms with Gasteiger partial charge in [0.2, 0.25) is 17.7 Å². The first-order valence-corrected chi connectivity index (χ1v) is 15.7. The summed E-state index contributed by atoms with van der Waals surface area (Å²) in [5.41, 5.74) is -0.136. The van der Waals surface area contributed by atoms with E-state index in [0.717, 1.165) is 5.56 Å². The van der Waals surface area contributed by atoms with Crippen LogP contribution in [-0.2, 0) is 25.6 Å². The molecule has 3 aliphatic rings. The molecular formula is C34H40N6O7. The molecule has 6 rings (SSSR count). The zero-order valence-corrected chi connectivity index (χ0v) is 26.4. The van der Waals surface area contributed by atoms with Crippen molar-refractivity contribution in [3.8, 4) is 11.5 Å². The molecule has 5 N–H and O–H groups in total. The number of H-pyrrole nitrogens is 1. The van der Waals surface area contributed by atoms with Gasteiger partial charge in [-0.15, -0.1) is 0 Å². The number of piperidine rings is 1. The Morgan fingerprint density at radius 1 is 0.809 bits per heavy atom. The molecule has 248 valence electrons. The predicted octanol–water partition coefficient (Wildman–Crippen LogP) is 1.31. The van der Waals surface area contributed by atoms with Crippen molar-refractivity contribution in [3.05, 3.63) is 84.2 Å². The predicted molar refractivity (Wildman–Crippen MR) is 172 cm³/mol. The highest BCUT2D eigenvalue weighted by Crippen LogP contribution is 2.31. The molecule has 1 spiro atoms. The Morgan fingerprint density at radius 2 is 1.49 bits per heavy atom. The van der Waals surface area contributed by atoms with E-state index in [-0.39, 0.29) is 51.4 Å². The molecule has 0 saturated carbocycles. The number of nitrogens with one attached hydrogen (secondary N) is 5. The molecule has 0 unspecified atom stereocenters. The van der Waals surface area contributed by atoms with Crippen LogP contribution in [0.3, 0.4) is 0 Å². The van der Waals surface area contributed by atoms with Crippen molar-refractivity contribution in [2.75, 3.05) is 26.2 Å². The number of aromatic amines is 1. The van der Waals surface area contributed by atoms with Crippen LogP contribution in [0.2, 0.25) is 0 Å². The standard InChI is InChI=1S/C34H40N6O7/c1-22-29(41)36-17-20-46-25-10-12-26(13-11-25)47-34(14-18-40(19-15-34)32(44)27-9-6-16-35-27)33(45)38-23(2)30(42)39-28(31(43)37-22)21-24-7-4-3-5-8-24/h3-13,16,22-23,28,35H,14-15,17-21H2,1-2H3,(H,36,41)(H,37,43)(H,38,45)(H,39,42)/t22-,23-,28-/m0/s1. The van der Waals surface area contributed by atoms with Gasteiger partial charge in [-0.2, -0.15) is 0 Å². The third kappa shape index (κ3) is 8.29. The average molecular weight is 645 g/mol. The van der Waals surface area contributed by atoms with Gasteiger partial charge < -0.3 is 40.6 Å². The minimum atomic E-state index is -1.38. The summed E-state index contributed by atoms with van der Waals surface area (Å²) >= 11 is 0. The third-order valence-electron chi connectivity index (χ3n) is 8.32. The van der Waals surface area contributed by atoms with Crippen LogP contribution in [0, 0.1) is 0 Å². The molecule has 2 aromatic carbocycles. The number of nitrogens with zero attached hydrogens (tertiary/aromatic N) is 1. The van der Waals surface area contributed by atoms with Crippen molar-refractivity contribution in [3.63, 3.8) is 0 Å². The molecule has 2 bridgehead atoms. The Labute approximate surface area is 272 Å². The lowest BCUT2D eigenvalue weighted by Crippen LogP contribution is -2.61. The van der Waals surface area contributed by atoms with E-state index in [1.165, 1.54) is 6.92 Å². The van der Waals surface area contributed by atoms with Crippen LogP contribution in [0.4, 0.5) is 0 Å². The van der Waals surface area contributed by atoms with E-state index in [1.54, 1.807) is 54.4 Å². The van der Waals surface area contributed by atoms with Crippen molar-refractivity contribution in [1.82, 2.24) is 31.2 Å². The van der Waals surface area contributed by atoms with Gasteiger partial charge in [0.25, 0.3) is 11.8 Å². The largest absolute Gasteiger partial charge is 0.492 e.